The fraction of sp³-hybridized carbons (Fsp3) is 0.692. The lowest BCUT2D eigenvalue weighted by atomic mass is 10.0. The summed E-state index contributed by atoms with van der Waals surface area (Å²) in [6.45, 7) is 5.48. The number of carbonyl (C=O) groups is 1. The minimum absolute atomic E-state index is 0.173. The van der Waals surface area contributed by atoms with Gasteiger partial charge in [0, 0.05) is 29.6 Å². The van der Waals surface area contributed by atoms with Crippen LogP contribution in [0.25, 0.3) is 0 Å². The molecule has 118 valence electrons. The van der Waals surface area contributed by atoms with Crippen LogP contribution in [0.2, 0.25) is 5.15 Å². The lowest BCUT2D eigenvalue weighted by Crippen LogP contribution is -2.53. The van der Waals surface area contributed by atoms with Crippen LogP contribution >= 0.6 is 22.9 Å². The van der Waals surface area contributed by atoms with E-state index in [-0.39, 0.29) is 9.90 Å². The summed E-state index contributed by atoms with van der Waals surface area (Å²) >= 11 is 7.25. The zero-order valence-electron chi connectivity index (χ0n) is 12.3. The quantitative estimate of drug-likeness (QED) is 0.781. The summed E-state index contributed by atoms with van der Waals surface area (Å²) in [5.74, 6) is 0.147. The summed E-state index contributed by atoms with van der Waals surface area (Å²) < 4.78 is 16.8. The van der Waals surface area contributed by atoms with Gasteiger partial charge in [-0.3, -0.25) is 4.21 Å². The van der Waals surface area contributed by atoms with E-state index in [9.17, 15) is 9.00 Å². The van der Waals surface area contributed by atoms with Gasteiger partial charge in [0.05, 0.1) is 11.9 Å². The average Bonchev–Trinajstić information content (AvgIpc) is 2.89. The van der Waals surface area contributed by atoms with E-state index in [2.05, 4.69) is 23.7 Å². The van der Waals surface area contributed by atoms with Crippen LogP contribution in [0.1, 0.15) is 36.4 Å². The fourth-order valence-electron chi connectivity index (χ4n) is 2.51. The van der Waals surface area contributed by atoms with E-state index in [0.29, 0.717) is 28.9 Å². The second kappa shape index (κ2) is 6.62. The van der Waals surface area contributed by atoms with Crippen molar-refractivity contribution in [1.29, 1.82) is 0 Å². The number of halogens is 1. The molecule has 0 aliphatic carbocycles. The Hall–Kier alpha value is -0.660. The maximum atomic E-state index is 12.3. The Labute approximate surface area is 136 Å². The van der Waals surface area contributed by atoms with Crippen LogP contribution in [0, 0.1) is 0 Å². The maximum absolute atomic E-state index is 12.3. The minimum atomic E-state index is -0.829. The Kier molecular flexibility index (Phi) is 5.27. The zero-order valence-corrected chi connectivity index (χ0v) is 14.7. The summed E-state index contributed by atoms with van der Waals surface area (Å²) in [6.07, 6.45) is 1.71. The van der Waals surface area contributed by atoms with Gasteiger partial charge in [-0.1, -0.05) is 36.8 Å². The van der Waals surface area contributed by atoms with Gasteiger partial charge >= 0.3 is 5.97 Å². The highest BCUT2D eigenvalue weighted by Gasteiger charge is 2.40. The van der Waals surface area contributed by atoms with Crippen LogP contribution in [0.15, 0.2) is 0 Å². The van der Waals surface area contributed by atoms with E-state index < -0.39 is 16.8 Å². The van der Waals surface area contributed by atoms with E-state index in [1.54, 1.807) is 0 Å². The van der Waals surface area contributed by atoms with Crippen molar-refractivity contribution in [3.63, 3.8) is 0 Å². The number of anilines is 1. The first-order valence-corrected chi connectivity index (χ1v) is 9.36. The molecule has 0 saturated carbocycles. The number of aromatic nitrogens is 1. The van der Waals surface area contributed by atoms with Crippen LogP contribution in [-0.2, 0) is 15.5 Å². The second-order valence-electron chi connectivity index (χ2n) is 4.97. The minimum Gasteiger partial charge on any atom is -0.465 e. The number of ether oxygens (including phenoxy) is 1. The monoisotopic (exact) mass is 350 g/mol. The average molecular weight is 351 g/mol. The summed E-state index contributed by atoms with van der Waals surface area (Å²) in [4.78, 5) is 18.3. The predicted octanol–water partition coefficient (Wildman–Crippen LogP) is 2.71. The number of hydrogen-bond acceptors (Lipinski definition) is 6. The van der Waals surface area contributed by atoms with E-state index in [4.69, 9.17) is 16.3 Å². The highest BCUT2D eigenvalue weighted by molar-refractivity contribution is 7.86. The third-order valence-corrected chi connectivity index (χ3v) is 7.72. The molecule has 0 radical (unpaired) electrons. The molecule has 2 heterocycles. The summed E-state index contributed by atoms with van der Waals surface area (Å²) in [7, 11) is 0.491. The topological polar surface area (TPSA) is 59.5 Å². The van der Waals surface area contributed by atoms with Crippen molar-refractivity contribution in [2.75, 3.05) is 30.9 Å². The van der Waals surface area contributed by atoms with Crippen molar-refractivity contribution in [2.24, 2.45) is 0 Å². The zero-order chi connectivity index (χ0) is 15.6. The van der Waals surface area contributed by atoms with Gasteiger partial charge in [0.25, 0.3) is 0 Å². The molecule has 1 aromatic rings. The first kappa shape index (κ1) is 16.7. The van der Waals surface area contributed by atoms with E-state index in [1.807, 2.05) is 0 Å². The van der Waals surface area contributed by atoms with Gasteiger partial charge in [0.2, 0.25) is 0 Å². The van der Waals surface area contributed by atoms with Gasteiger partial charge in [-0.25, -0.2) is 9.78 Å². The molecule has 1 aliphatic rings. The van der Waals surface area contributed by atoms with Crippen molar-refractivity contribution in [2.45, 2.75) is 31.4 Å². The third kappa shape index (κ3) is 3.10. The second-order valence-corrected chi connectivity index (χ2v) is 8.27. The summed E-state index contributed by atoms with van der Waals surface area (Å²) in [5.41, 5.74) is 0. The molecule has 1 fully saturated rings. The highest BCUT2D eigenvalue weighted by Crippen LogP contribution is 2.35. The van der Waals surface area contributed by atoms with E-state index >= 15 is 0 Å². The van der Waals surface area contributed by atoms with Crippen LogP contribution in [-0.4, -0.2) is 45.9 Å². The first-order valence-electron chi connectivity index (χ1n) is 6.85. The number of nitrogens with zero attached hydrogens (tertiary/aromatic N) is 2. The third-order valence-electron chi connectivity index (χ3n) is 4.01. The molecule has 2 rings (SSSR count). The van der Waals surface area contributed by atoms with Crippen LogP contribution < -0.4 is 4.90 Å². The lowest BCUT2D eigenvalue weighted by Gasteiger charge is -2.41. The molecular formula is C13H19ClN2O3S2. The van der Waals surface area contributed by atoms with E-state index in [1.165, 1.54) is 18.4 Å². The van der Waals surface area contributed by atoms with Gasteiger partial charge in [0.15, 0.2) is 15.2 Å². The Morgan fingerprint density at radius 2 is 2.19 bits per heavy atom. The van der Waals surface area contributed by atoms with Crippen LogP contribution in [0.3, 0.4) is 0 Å². The number of hydrogen-bond donors (Lipinski definition) is 0. The van der Waals surface area contributed by atoms with Crippen molar-refractivity contribution in [1.82, 2.24) is 4.98 Å². The molecule has 1 aliphatic heterocycles. The molecule has 0 amide bonds. The SMILES string of the molecule is CCC1(CC)CN(c2nc(Cl)c(C(=O)OC)s2)CCS1=O. The van der Waals surface area contributed by atoms with E-state index in [0.717, 1.165) is 12.8 Å². The lowest BCUT2D eigenvalue weighted by molar-refractivity contribution is 0.0606. The van der Waals surface area contributed by atoms with Crippen molar-refractivity contribution >= 4 is 44.8 Å². The molecule has 0 N–H and O–H groups in total. The molecular weight excluding hydrogens is 332 g/mol. The summed E-state index contributed by atoms with van der Waals surface area (Å²) in [5, 5.41) is 0.871. The van der Waals surface area contributed by atoms with Crippen LogP contribution in [0.5, 0.6) is 0 Å². The predicted molar refractivity (Wildman–Crippen MR) is 87.0 cm³/mol. The Morgan fingerprint density at radius 3 is 2.76 bits per heavy atom. The normalized spacial score (nSPS) is 21.3. The van der Waals surface area contributed by atoms with Gasteiger partial charge in [-0.15, -0.1) is 0 Å². The molecule has 5 nitrogen and oxygen atoms in total. The molecule has 1 atom stereocenters. The maximum Gasteiger partial charge on any atom is 0.351 e. The van der Waals surface area contributed by atoms with Gasteiger partial charge in [0.1, 0.15) is 0 Å². The standard InChI is InChI=1S/C13H19ClN2O3S2/c1-4-13(5-2)8-16(6-7-21(13)18)12-15-10(14)9(20-12)11(17)19-3/h4-8H2,1-3H3. The molecule has 0 spiro atoms. The Balaban J connectivity index is 2.27. The smallest absolute Gasteiger partial charge is 0.351 e. The van der Waals surface area contributed by atoms with Crippen molar-refractivity contribution < 1.29 is 13.7 Å². The van der Waals surface area contributed by atoms with Crippen molar-refractivity contribution in [3.05, 3.63) is 10.0 Å². The highest BCUT2D eigenvalue weighted by atomic mass is 35.5. The fourth-order valence-corrected chi connectivity index (χ4v) is 5.50. The molecule has 0 bridgehead atoms. The molecule has 0 aromatic carbocycles. The molecule has 1 aromatic heterocycles. The van der Waals surface area contributed by atoms with Crippen LogP contribution in [0.4, 0.5) is 5.13 Å². The molecule has 1 saturated heterocycles. The largest absolute Gasteiger partial charge is 0.465 e. The van der Waals surface area contributed by atoms with Gasteiger partial charge in [-0.05, 0) is 12.8 Å². The molecule has 21 heavy (non-hydrogen) atoms. The van der Waals surface area contributed by atoms with Crippen molar-refractivity contribution in [3.8, 4) is 0 Å². The van der Waals surface area contributed by atoms with Gasteiger partial charge < -0.3 is 9.64 Å². The molecule has 8 heteroatoms. The number of thiazole rings is 1. The number of rotatable bonds is 4. The Morgan fingerprint density at radius 1 is 1.52 bits per heavy atom. The first-order chi connectivity index (χ1) is 9.97. The number of carbonyl (C=O) groups excluding carboxylic acids is 1. The molecule has 1 unspecified atom stereocenters. The van der Waals surface area contributed by atoms with Gasteiger partial charge in [-0.2, -0.15) is 0 Å². The number of esters is 1. The number of methoxy groups -OCH3 is 1. The summed E-state index contributed by atoms with van der Waals surface area (Å²) in [6, 6.07) is 0. The Bertz CT molecular complexity index is 558.